The predicted octanol–water partition coefficient (Wildman–Crippen LogP) is 2.80. The standard InChI is InChI=1S/C10H9ClFN3OS/c11-8-3-6(1-2-9(8)12)16-5-7-4-14-10(15-13)17-7/h1-4H,5,13H2,(H,14,15). The van der Waals surface area contributed by atoms with Gasteiger partial charge < -0.3 is 4.74 Å². The molecule has 0 fully saturated rings. The first kappa shape index (κ1) is 12.1. The first-order chi connectivity index (χ1) is 8.19. The molecule has 1 aromatic carbocycles. The number of nitrogen functional groups attached to an aromatic ring is 1. The van der Waals surface area contributed by atoms with Crippen molar-refractivity contribution in [1.29, 1.82) is 0 Å². The second kappa shape index (κ2) is 5.31. The van der Waals surface area contributed by atoms with E-state index in [0.29, 0.717) is 17.5 Å². The number of aromatic nitrogens is 1. The summed E-state index contributed by atoms with van der Waals surface area (Å²) < 4.78 is 18.3. The van der Waals surface area contributed by atoms with Gasteiger partial charge in [-0.2, -0.15) is 0 Å². The predicted molar refractivity (Wildman–Crippen MR) is 65.7 cm³/mol. The van der Waals surface area contributed by atoms with Crippen molar-refractivity contribution in [3.63, 3.8) is 0 Å². The van der Waals surface area contributed by atoms with Crippen LogP contribution in [0.15, 0.2) is 24.4 Å². The molecule has 0 aliphatic carbocycles. The van der Waals surface area contributed by atoms with Gasteiger partial charge in [-0.25, -0.2) is 15.2 Å². The topological polar surface area (TPSA) is 60.2 Å². The van der Waals surface area contributed by atoms with Gasteiger partial charge >= 0.3 is 0 Å². The molecular formula is C10H9ClFN3OS. The van der Waals surface area contributed by atoms with E-state index in [4.69, 9.17) is 22.2 Å². The van der Waals surface area contributed by atoms with Gasteiger partial charge in [0.1, 0.15) is 18.2 Å². The van der Waals surface area contributed by atoms with Crippen LogP contribution in [-0.4, -0.2) is 4.98 Å². The maximum atomic E-state index is 12.9. The van der Waals surface area contributed by atoms with Crippen LogP contribution in [0.1, 0.15) is 4.88 Å². The highest BCUT2D eigenvalue weighted by atomic mass is 35.5. The fourth-order valence-corrected chi connectivity index (χ4v) is 1.97. The van der Waals surface area contributed by atoms with Gasteiger partial charge in [0.15, 0.2) is 5.13 Å². The number of thiazole rings is 1. The quantitative estimate of drug-likeness (QED) is 0.664. The molecule has 0 aliphatic rings. The van der Waals surface area contributed by atoms with E-state index < -0.39 is 5.82 Å². The zero-order chi connectivity index (χ0) is 12.3. The summed E-state index contributed by atoms with van der Waals surface area (Å²) in [5.74, 6) is 5.25. The van der Waals surface area contributed by atoms with Gasteiger partial charge in [0.05, 0.1) is 9.90 Å². The third-order valence-electron chi connectivity index (χ3n) is 1.95. The average molecular weight is 274 g/mol. The van der Waals surface area contributed by atoms with E-state index >= 15 is 0 Å². The Bertz CT molecular complexity index is 520. The number of nitrogens with zero attached hydrogens (tertiary/aromatic N) is 1. The van der Waals surface area contributed by atoms with Crippen LogP contribution in [0.5, 0.6) is 5.75 Å². The van der Waals surface area contributed by atoms with Gasteiger partial charge in [-0.1, -0.05) is 22.9 Å². The third kappa shape index (κ3) is 3.06. The van der Waals surface area contributed by atoms with Crippen LogP contribution in [0.2, 0.25) is 5.02 Å². The van der Waals surface area contributed by atoms with Crippen molar-refractivity contribution in [2.45, 2.75) is 6.61 Å². The minimum absolute atomic E-state index is 0.0381. The molecule has 3 N–H and O–H groups in total. The fourth-order valence-electron chi connectivity index (χ4n) is 1.16. The van der Waals surface area contributed by atoms with Gasteiger partial charge in [0, 0.05) is 12.3 Å². The summed E-state index contributed by atoms with van der Waals surface area (Å²) in [5.41, 5.74) is 2.44. The Hall–Kier alpha value is -1.37. The molecule has 1 heterocycles. The maximum absolute atomic E-state index is 12.9. The molecule has 2 rings (SSSR count). The van der Waals surface area contributed by atoms with Crippen molar-refractivity contribution in [1.82, 2.24) is 4.98 Å². The summed E-state index contributed by atoms with van der Waals surface area (Å²) in [5, 5.41) is 0.650. The molecule has 4 nitrogen and oxygen atoms in total. The molecule has 0 radical (unpaired) electrons. The van der Waals surface area contributed by atoms with E-state index in [1.54, 1.807) is 6.20 Å². The Balaban J connectivity index is 1.99. The summed E-state index contributed by atoms with van der Waals surface area (Å²) in [7, 11) is 0. The number of hydrogen-bond donors (Lipinski definition) is 2. The Morgan fingerprint density at radius 1 is 1.53 bits per heavy atom. The molecule has 0 bridgehead atoms. The van der Waals surface area contributed by atoms with Gasteiger partial charge in [-0.05, 0) is 12.1 Å². The second-order valence-corrected chi connectivity index (χ2v) is 4.66. The van der Waals surface area contributed by atoms with Gasteiger partial charge in [-0.15, -0.1) is 0 Å². The van der Waals surface area contributed by atoms with E-state index in [1.165, 1.54) is 29.5 Å². The Morgan fingerprint density at radius 3 is 3.00 bits per heavy atom. The molecular weight excluding hydrogens is 265 g/mol. The van der Waals surface area contributed by atoms with Crippen molar-refractivity contribution < 1.29 is 9.13 Å². The molecule has 0 saturated carbocycles. The van der Waals surface area contributed by atoms with Crippen LogP contribution < -0.4 is 16.0 Å². The summed E-state index contributed by atoms with van der Waals surface area (Å²) in [6.45, 7) is 0.335. The molecule has 90 valence electrons. The van der Waals surface area contributed by atoms with E-state index in [1.807, 2.05) is 0 Å². The molecule has 0 amide bonds. The zero-order valence-electron chi connectivity index (χ0n) is 8.61. The first-order valence-corrected chi connectivity index (χ1v) is 5.87. The van der Waals surface area contributed by atoms with Crippen LogP contribution in [0.3, 0.4) is 0 Å². The lowest BCUT2D eigenvalue weighted by atomic mass is 10.3. The maximum Gasteiger partial charge on any atom is 0.197 e. The van der Waals surface area contributed by atoms with Crippen molar-refractivity contribution in [2.24, 2.45) is 5.84 Å². The molecule has 1 aromatic heterocycles. The van der Waals surface area contributed by atoms with Crippen LogP contribution in [0.25, 0.3) is 0 Å². The summed E-state index contributed by atoms with van der Waals surface area (Å²) in [6, 6.07) is 4.21. The molecule has 2 aromatic rings. The lowest BCUT2D eigenvalue weighted by Crippen LogP contribution is -2.05. The van der Waals surface area contributed by atoms with Crippen LogP contribution in [-0.2, 0) is 6.61 Å². The number of benzene rings is 1. The number of nitrogens with two attached hydrogens (primary N) is 1. The molecule has 17 heavy (non-hydrogen) atoms. The number of anilines is 1. The van der Waals surface area contributed by atoms with E-state index in [9.17, 15) is 4.39 Å². The molecule has 7 heteroatoms. The molecule has 0 aliphatic heterocycles. The van der Waals surface area contributed by atoms with E-state index in [2.05, 4.69) is 10.4 Å². The second-order valence-electron chi connectivity index (χ2n) is 3.14. The van der Waals surface area contributed by atoms with Crippen LogP contribution >= 0.6 is 22.9 Å². The van der Waals surface area contributed by atoms with Crippen molar-refractivity contribution in [3.8, 4) is 5.75 Å². The minimum Gasteiger partial charge on any atom is -0.488 e. The van der Waals surface area contributed by atoms with Crippen molar-refractivity contribution in [3.05, 3.63) is 40.1 Å². The summed E-state index contributed by atoms with van der Waals surface area (Å²) >= 11 is 7.01. The van der Waals surface area contributed by atoms with Crippen LogP contribution in [0, 0.1) is 5.82 Å². The van der Waals surface area contributed by atoms with Crippen LogP contribution in [0.4, 0.5) is 9.52 Å². The number of rotatable bonds is 4. The van der Waals surface area contributed by atoms with Gasteiger partial charge in [0.2, 0.25) is 0 Å². The third-order valence-corrected chi connectivity index (χ3v) is 3.14. The Morgan fingerprint density at radius 2 is 2.35 bits per heavy atom. The largest absolute Gasteiger partial charge is 0.488 e. The average Bonchev–Trinajstić information content (AvgIpc) is 2.79. The lowest BCUT2D eigenvalue weighted by Gasteiger charge is -2.04. The van der Waals surface area contributed by atoms with Gasteiger partial charge in [0.25, 0.3) is 0 Å². The SMILES string of the molecule is NNc1ncc(COc2ccc(F)c(Cl)c2)s1. The zero-order valence-corrected chi connectivity index (χ0v) is 10.2. The smallest absolute Gasteiger partial charge is 0.197 e. The van der Waals surface area contributed by atoms with Crippen molar-refractivity contribution in [2.75, 3.05) is 5.43 Å². The van der Waals surface area contributed by atoms with E-state index in [-0.39, 0.29) is 5.02 Å². The van der Waals surface area contributed by atoms with Crippen molar-refractivity contribution >= 4 is 28.1 Å². The minimum atomic E-state index is -0.466. The number of hydrogen-bond acceptors (Lipinski definition) is 5. The molecule has 0 saturated heterocycles. The molecule has 0 spiro atoms. The number of hydrazine groups is 1. The Labute approximate surface area is 106 Å². The molecule has 0 unspecified atom stereocenters. The monoisotopic (exact) mass is 273 g/mol. The highest BCUT2D eigenvalue weighted by molar-refractivity contribution is 7.15. The highest BCUT2D eigenvalue weighted by Crippen LogP contribution is 2.23. The normalized spacial score (nSPS) is 10.3. The summed E-state index contributed by atoms with van der Waals surface area (Å²) in [4.78, 5) is 4.90. The number of ether oxygens (including phenoxy) is 1. The van der Waals surface area contributed by atoms with Gasteiger partial charge in [-0.3, -0.25) is 5.43 Å². The summed E-state index contributed by atoms with van der Waals surface area (Å²) in [6.07, 6.45) is 1.66. The Kier molecular flexibility index (Phi) is 3.78. The number of halogens is 2. The van der Waals surface area contributed by atoms with E-state index in [0.717, 1.165) is 4.88 Å². The number of nitrogens with one attached hydrogen (secondary N) is 1. The highest BCUT2D eigenvalue weighted by Gasteiger charge is 2.04. The molecule has 0 atom stereocenters. The first-order valence-electron chi connectivity index (χ1n) is 4.68. The lowest BCUT2D eigenvalue weighted by molar-refractivity contribution is 0.309. The fraction of sp³-hybridized carbons (Fsp3) is 0.100.